The van der Waals surface area contributed by atoms with Gasteiger partial charge in [-0.25, -0.2) is 8.96 Å². The van der Waals surface area contributed by atoms with Crippen molar-refractivity contribution in [3.8, 4) is 0 Å². The summed E-state index contributed by atoms with van der Waals surface area (Å²) in [6, 6.07) is 0. The molecule has 4 aliphatic rings. The number of ketones is 2. The molecule has 4 rings (SSSR count). The van der Waals surface area contributed by atoms with Gasteiger partial charge in [0, 0.05) is 23.2 Å². The molecule has 3 saturated carbocycles. The summed E-state index contributed by atoms with van der Waals surface area (Å²) in [5, 5.41) is 21.2. The molecule has 36 heavy (non-hydrogen) atoms. The fraction of sp³-hybridized carbons (Fsp3) is 0.818. The van der Waals surface area contributed by atoms with E-state index in [2.05, 4.69) is 4.52 Å². The summed E-state index contributed by atoms with van der Waals surface area (Å²) >= 11 is 0. The number of hydrogen-bond donors (Lipinski definition) is 5. The van der Waals surface area contributed by atoms with Crippen LogP contribution in [-0.2, 0) is 28.8 Å². The lowest BCUT2D eigenvalue weighted by Gasteiger charge is -2.64. The number of hydrogen-bond acceptors (Lipinski definition) is 8. The fourth-order valence-electron chi connectivity index (χ4n) is 8.19. The molecule has 4 aliphatic carbocycles. The molecule has 0 amide bonds. The summed E-state index contributed by atoms with van der Waals surface area (Å²) in [5.74, 6) is -4.16. The van der Waals surface area contributed by atoms with Crippen molar-refractivity contribution < 1.29 is 56.0 Å². The van der Waals surface area contributed by atoms with Crippen LogP contribution in [0.2, 0.25) is 0 Å². The maximum atomic E-state index is 17.5. The molecule has 0 radical (unpaired) electrons. The highest BCUT2D eigenvalue weighted by Gasteiger charge is 2.77. The summed E-state index contributed by atoms with van der Waals surface area (Å²) in [5.41, 5.74) is -8.00. The average molecular weight is 555 g/mol. The van der Waals surface area contributed by atoms with Crippen molar-refractivity contribution in [3.63, 3.8) is 0 Å². The quantitative estimate of drug-likeness (QED) is 0.241. The molecule has 0 aromatic heterocycles. The van der Waals surface area contributed by atoms with Crippen LogP contribution < -0.4 is 0 Å². The molecule has 9 atom stereocenters. The van der Waals surface area contributed by atoms with Gasteiger partial charge in [-0.05, 0) is 43.6 Å². The molecule has 0 aromatic carbocycles. The Morgan fingerprint density at radius 1 is 1.28 bits per heavy atom. The zero-order valence-corrected chi connectivity index (χ0v) is 21.8. The number of phosphoric acid groups is 1. The van der Waals surface area contributed by atoms with Crippen LogP contribution in [0.5, 0.6) is 0 Å². The Balaban J connectivity index is 1.81. The van der Waals surface area contributed by atoms with Gasteiger partial charge in [0.15, 0.2) is 11.6 Å². The second-order valence-electron chi connectivity index (χ2n) is 11.3. The van der Waals surface area contributed by atoms with Crippen LogP contribution in [0.3, 0.4) is 0 Å². The van der Waals surface area contributed by atoms with Crippen molar-refractivity contribution in [2.24, 2.45) is 28.6 Å². The second-order valence-corrected chi connectivity index (χ2v) is 14.1. The van der Waals surface area contributed by atoms with Crippen LogP contribution in [0.25, 0.3) is 0 Å². The summed E-state index contributed by atoms with van der Waals surface area (Å²) in [7, 11) is -9.94. The Labute approximate surface area is 208 Å². The van der Waals surface area contributed by atoms with E-state index in [0.717, 1.165) is 0 Å². The van der Waals surface area contributed by atoms with Crippen LogP contribution in [0.4, 0.5) is 4.39 Å². The van der Waals surface area contributed by atoms with Gasteiger partial charge in [-0.15, -0.1) is 0 Å². The predicted octanol–water partition coefficient (Wildman–Crippen LogP) is 1.10. The minimum Gasteiger partial charge on any atom is -0.390 e. The van der Waals surface area contributed by atoms with Gasteiger partial charge in [-0.1, -0.05) is 26.3 Å². The van der Waals surface area contributed by atoms with Gasteiger partial charge in [0.05, 0.1) is 6.10 Å². The number of rotatable bonds is 5. The molecule has 0 aromatic rings. The highest BCUT2D eigenvalue weighted by molar-refractivity contribution is 7.86. The summed E-state index contributed by atoms with van der Waals surface area (Å²) in [6.07, 6.45) is -1.49. The molecule has 0 aliphatic heterocycles. The number of halogens is 1. The van der Waals surface area contributed by atoms with Crippen LogP contribution >= 0.6 is 7.82 Å². The van der Waals surface area contributed by atoms with Crippen LogP contribution in [-0.4, -0.2) is 73.8 Å². The molecule has 0 saturated heterocycles. The van der Waals surface area contributed by atoms with Crippen molar-refractivity contribution in [1.29, 1.82) is 0 Å². The van der Waals surface area contributed by atoms with E-state index < -0.39 is 100 Å². The first-order valence-electron chi connectivity index (χ1n) is 11.8. The predicted molar refractivity (Wildman–Crippen MR) is 122 cm³/mol. The molecule has 5 N–H and O–H groups in total. The minimum atomic E-state index is -5.02. The molecule has 0 spiro atoms. The Morgan fingerprint density at radius 2 is 1.89 bits per heavy atom. The number of fused-ring (bicyclic) bond motifs is 5. The SMILES string of the molecule is C[C@@H]1C[C@H]2[C@@H]3CCC4=CC(=O)CC(S(=O)(=O)O)[C@]4(C)[C@@]3(F)C(O)C[C@]2(C)[C@@]1(O)C(=O)COP(=O)(O)O. The van der Waals surface area contributed by atoms with Crippen molar-refractivity contribution in [2.75, 3.05) is 6.61 Å². The first kappa shape index (κ1) is 28.0. The molecule has 11 nitrogen and oxygen atoms in total. The maximum absolute atomic E-state index is 17.5. The molecular formula is C22H32FO11PS. The van der Waals surface area contributed by atoms with Crippen LogP contribution in [0.1, 0.15) is 52.9 Å². The van der Waals surface area contributed by atoms with Crippen molar-refractivity contribution in [3.05, 3.63) is 11.6 Å². The highest BCUT2D eigenvalue weighted by Crippen LogP contribution is 2.71. The van der Waals surface area contributed by atoms with E-state index >= 15 is 4.39 Å². The van der Waals surface area contributed by atoms with E-state index in [1.165, 1.54) is 19.9 Å². The number of aliphatic hydroxyl groups is 2. The number of alkyl halides is 1. The number of carbonyl (C=O) groups is 2. The van der Waals surface area contributed by atoms with E-state index in [1.54, 1.807) is 6.92 Å². The number of allylic oxidation sites excluding steroid dienone is 1. The third-order valence-electron chi connectivity index (χ3n) is 9.84. The summed E-state index contributed by atoms with van der Waals surface area (Å²) in [6.45, 7) is 3.26. The summed E-state index contributed by atoms with van der Waals surface area (Å²) in [4.78, 5) is 43.3. The van der Waals surface area contributed by atoms with Crippen molar-refractivity contribution in [1.82, 2.24) is 0 Å². The van der Waals surface area contributed by atoms with Gasteiger partial charge in [-0.3, -0.25) is 18.7 Å². The Kier molecular flexibility index (Phi) is 6.39. The van der Waals surface area contributed by atoms with E-state index in [0.29, 0.717) is 0 Å². The maximum Gasteiger partial charge on any atom is 0.470 e. The number of carbonyl (C=O) groups excluding carboxylic acids is 2. The average Bonchev–Trinajstić information content (AvgIpc) is 2.93. The second kappa shape index (κ2) is 8.22. The largest absolute Gasteiger partial charge is 0.470 e. The van der Waals surface area contributed by atoms with Crippen molar-refractivity contribution >= 4 is 29.5 Å². The van der Waals surface area contributed by atoms with Gasteiger partial charge in [0.2, 0.25) is 0 Å². The molecule has 0 bridgehead atoms. The molecule has 2 unspecified atom stereocenters. The Hall–Kier alpha value is -1.05. The highest BCUT2D eigenvalue weighted by atomic mass is 32.2. The van der Waals surface area contributed by atoms with E-state index in [4.69, 9.17) is 9.79 Å². The van der Waals surface area contributed by atoms with Gasteiger partial charge in [-0.2, -0.15) is 8.42 Å². The first-order valence-corrected chi connectivity index (χ1v) is 14.8. The minimum absolute atomic E-state index is 0.0939. The topological polar surface area (TPSA) is 196 Å². The van der Waals surface area contributed by atoms with E-state index in [9.17, 15) is 37.3 Å². The van der Waals surface area contributed by atoms with Gasteiger partial charge in [0.25, 0.3) is 10.1 Å². The number of Topliss-reactive ketones (excluding diaryl/α,β-unsaturated/α-hetero) is 1. The molecular weight excluding hydrogens is 522 g/mol. The van der Waals surface area contributed by atoms with E-state index in [1.807, 2.05) is 0 Å². The van der Waals surface area contributed by atoms with Gasteiger partial charge in [0.1, 0.15) is 23.1 Å². The number of aliphatic hydroxyl groups excluding tert-OH is 1. The molecule has 204 valence electrons. The van der Waals surface area contributed by atoms with Crippen molar-refractivity contribution in [2.45, 2.75) is 75.5 Å². The smallest absolute Gasteiger partial charge is 0.390 e. The third-order valence-corrected chi connectivity index (χ3v) is 11.7. The monoisotopic (exact) mass is 554 g/mol. The molecule has 0 heterocycles. The van der Waals surface area contributed by atoms with E-state index in [-0.39, 0.29) is 24.8 Å². The fourth-order valence-corrected chi connectivity index (χ4v) is 9.77. The summed E-state index contributed by atoms with van der Waals surface area (Å²) < 4.78 is 67.7. The number of phosphoric ester groups is 1. The standard InChI is InChI=1S/C22H32FO11PS/c1-11-6-15-14-5-4-12-7-13(24)8-18(36(31,32)33)20(12,3)21(14,23)16(25)9-19(15,2)22(11,27)17(26)10-34-35(28,29)30/h7,11,14-16,18,25,27H,4-6,8-10H2,1-3H3,(H2,28,29,30)(H,31,32,33)/t11-,14+,15+,16?,18?,19+,20-,21+,22+/m1/s1. The van der Waals surface area contributed by atoms with Crippen LogP contribution in [0.15, 0.2) is 11.6 Å². The van der Waals surface area contributed by atoms with Gasteiger partial charge < -0.3 is 20.0 Å². The third kappa shape index (κ3) is 3.58. The zero-order valence-electron chi connectivity index (χ0n) is 20.1. The lowest BCUT2D eigenvalue weighted by atomic mass is 9.43. The Bertz CT molecular complexity index is 1180. The Morgan fingerprint density at radius 3 is 2.44 bits per heavy atom. The molecule has 14 heteroatoms. The normalized spacial score (nSPS) is 47.0. The molecule has 3 fully saturated rings. The lowest BCUT2D eigenvalue weighted by molar-refractivity contribution is -0.227. The van der Waals surface area contributed by atoms with Gasteiger partial charge >= 0.3 is 7.82 Å². The van der Waals surface area contributed by atoms with Crippen LogP contribution in [0, 0.1) is 28.6 Å². The zero-order chi connectivity index (χ0) is 27.3. The first-order chi connectivity index (χ1) is 16.2. The lowest BCUT2D eigenvalue weighted by Crippen LogP contribution is -2.72.